The summed E-state index contributed by atoms with van der Waals surface area (Å²) in [6, 6.07) is 11.3. The highest BCUT2D eigenvalue weighted by molar-refractivity contribution is 7.17. The van der Waals surface area contributed by atoms with E-state index >= 15 is 0 Å². The zero-order valence-electron chi connectivity index (χ0n) is 19.4. The summed E-state index contributed by atoms with van der Waals surface area (Å²) >= 11 is 1.07. The fraction of sp³-hybridized carbons (Fsp3) is 0.320. The fourth-order valence-corrected chi connectivity index (χ4v) is 4.86. The molecule has 3 aromatic rings. The van der Waals surface area contributed by atoms with E-state index in [9.17, 15) is 18.8 Å². The second-order valence-corrected chi connectivity index (χ2v) is 9.16. The van der Waals surface area contributed by atoms with Crippen molar-refractivity contribution < 1.29 is 23.5 Å². The van der Waals surface area contributed by atoms with Gasteiger partial charge in [-0.2, -0.15) is 0 Å². The Balaban J connectivity index is 1.59. The summed E-state index contributed by atoms with van der Waals surface area (Å²) in [5, 5.41) is 0.329. The first-order valence-electron chi connectivity index (χ1n) is 11.2. The second-order valence-electron chi connectivity index (χ2n) is 8.18. The van der Waals surface area contributed by atoms with Crippen LogP contribution in [0.25, 0.3) is 0 Å². The maximum Gasteiger partial charge on any atom is 0.350 e. The molecule has 10 heteroatoms. The molecular formula is C25H25FN4O4S. The van der Waals surface area contributed by atoms with Crippen molar-refractivity contribution in [1.29, 1.82) is 0 Å². The van der Waals surface area contributed by atoms with Gasteiger partial charge in [-0.15, -0.1) is 0 Å². The van der Waals surface area contributed by atoms with Gasteiger partial charge >= 0.3 is 5.97 Å². The third-order valence-corrected chi connectivity index (χ3v) is 6.80. The van der Waals surface area contributed by atoms with Crippen LogP contribution in [0.15, 0.2) is 48.7 Å². The molecule has 1 atom stereocenters. The van der Waals surface area contributed by atoms with Crippen molar-refractivity contribution in [1.82, 2.24) is 14.9 Å². The molecule has 8 nitrogen and oxygen atoms in total. The number of thiazole rings is 1. The van der Waals surface area contributed by atoms with E-state index in [1.807, 2.05) is 12.1 Å². The minimum atomic E-state index is -0.582. The van der Waals surface area contributed by atoms with E-state index < -0.39 is 11.9 Å². The molecule has 2 aromatic heterocycles. The number of nitrogens with zero attached hydrogens (tertiary/aromatic N) is 4. The molecule has 1 aliphatic rings. The maximum atomic E-state index is 13.7. The van der Waals surface area contributed by atoms with Crippen molar-refractivity contribution in [3.63, 3.8) is 0 Å². The van der Waals surface area contributed by atoms with Crippen molar-refractivity contribution in [2.45, 2.75) is 33.4 Å². The molecule has 1 aliphatic heterocycles. The van der Waals surface area contributed by atoms with Crippen molar-refractivity contribution in [2.24, 2.45) is 5.92 Å². The van der Waals surface area contributed by atoms with Crippen LogP contribution >= 0.6 is 11.3 Å². The average Bonchev–Trinajstić information content (AvgIpc) is 3.41. The number of carbonyl (C=O) groups excluding carboxylic acids is 3. The van der Waals surface area contributed by atoms with Gasteiger partial charge in [-0.1, -0.05) is 29.5 Å². The van der Waals surface area contributed by atoms with E-state index in [-0.39, 0.29) is 43.7 Å². The van der Waals surface area contributed by atoms with Crippen LogP contribution in [0, 0.1) is 18.7 Å². The van der Waals surface area contributed by atoms with Gasteiger partial charge in [-0.05, 0) is 43.7 Å². The molecule has 0 radical (unpaired) electrons. The van der Waals surface area contributed by atoms with Crippen LogP contribution in [0.5, 0.6) is 0 Å². The van der Waals surface area contributed by atoms with Crippen LogP contribution in [0.1, 0.15) is 40.0 Å². The Morgan fingerprint density at radius 3 is 2.69 bits per heavy atom. The topological polar surface area (TPSA) is 92.7 Å². The minimum absolute atomic E-state index is 0.0701. The number of halogens is 1. The van der Waals surface area contributed by atoms with Gasteiger partial charge in [0.25, 0.3) is 0 Å². The Morgan fingerprint density at radius 1 is 1.23 bits per heavy atom. The number of rotatable bonds is 8. The number of esters is 1. The normalized spacial score (nSPS) is 15.3. The largest absolute Gasteiger partial charge is 0.462 e. The summed E-state index contributed by atoms with van der Waals surface area (Å²) in [5.74, 6) is -1.87. The Kier molecular flexibility index (Phi) is 7.50. The molecule has 1 aromatic carbocycles. The van der Waals surface area contributed by atoms with E-state index in [0.717, 1.165) is 17.0 Å². The smallest absolute Gasteiger partial charge is 0.350 e. The Hall–Kier alpha value is -3.66. The number of benzene rings is 1. The molecule has 0 spiro atoms. The average molecular weight is 497 g/mol. The number of ether oxygens (including phenoxy) is 1. The lowest BCUT2D eigenvalue weighted by atomic mass is 10.1. The number of pyridine rings is 1. The van der Waals surface area contributed by atoms with Crippen LogP contribution < -0.4 is 4.90 Å². The highest BCUT2D eigenvalue weighted by Crippen LogP contribution is 2.31. The summed E-state index contributed by atoms with van der Waals surface area (Å²) in [4.78, 5) is 50.8. The maximum absolute atomic E-state index is 13.7. The van der Waals surface area contributed by atoms with Gasteiger partial charge in [0.1, 0.15) is 10.7 Å². The minimum Gasteiger partial charge on any atom is -0.462 e. The van der Waals surface area contributed by atoms with Crippen molar-refractivity contribution in [3.05, 3.63) is 76.3 Å². The number of hydrogen-bond donors (Lipinski definition) is 0. The van der Waals surface area contributed by atoms with E-state index in [1.54, 1.807) is 43.1 Å². The summed E-state index contributed by atoms with van der Waals surface area (Å²) in [5.41, 5.74) is 1.89. The molecule has 2 amide bonds. The number of aromatic nitrogens is 2. The zero-order chi connectivity index (χ0) is 24.9. The van der Waals surface area contributed by atoms with Gasteiger partial charge < -0.3 is 9.64 Å². The number of anilines is 1. The van der Waals surface area contributed by atoms with Crippen molar-refractivity contribution in [3.8, 4) is 0 Å². The lowest BCUT2D eigenvalue weighted by Gasteiger charge is -2.23. The Morgan fingerprint density at radius 2 is 2.00 bits per heavy atom. The summed E-state index contributed by atoms with van der Waals surface area (Å²) in [6.45, 7) is 4.32. The number of aryl methyl sites for hydroxylation is 1. The monoisotopic (exact) mass is 496 g/mol. The first-order valence-corrected chi connectivity index (χ1v) is 12.1. The zero-order valence-corrected chi connectivity index (χ0v) is 20.3. The Bertz CT molecular complexity index is 1220. The van der Waals surface area contributed by atoms with E-state index in [1.165, 1.54) is 17.0 Å². The SMILES string of the molecule is CCOC(=O)c1sc(N(Cc2ccc(F)cc2)C(=O)C2CC(=O)N(Cc3ccccn3)C2)nc1C. The molecule has 0 bridgehead atoms. The molecule has 1 saturated heterocycles. The summed E-state index contributed by atoms with van der Waals surface area (Å²) in [6.07, 6.45) is 1.73. The molecule has 0 N–H and O–H groups in total. The van der Waals surface area contributed by atoms with Crippen molar-refractivity contribution in [2.75, 3.05) is 18.1 Å². The fourth-order valence-electron chi connectivity index (χ4n) is 3.89. The highest BCUT2D eigenvalue weighted by Gasteiger charge is 2.38. The molecule has 0 aliphatic carbocycles. The van der Waals surface area contributed by atoms with E-state index in [4.69, 9.17) is 4.74 Å². The van der Waals surface area contributed by atoms with E-state index in [0.29, 0.717) is 27.8 Å². The molecule has 1 fully saturated rings. The number of likely N-dealkylation sites (tertiary alicyclic amines) is 1. The molecule has 1 unspecified atom stereocenters. The highest BCUT2D eigenvalue weighted by atomic mass is 32.1. The predicted molar refractivity (Wildman–Crippen MR) is 128 cm³/mol. The van der Waals surface area contributed by atoms with Crippen LogP contribution in [0.4, 0.5) is 9.52 Å². The van der Waals surface area contributed by atoms with Gasteiger partial charge in [0.2, 0.25) is 11.8 Å². The third-order valence-electron chi connectivity index (χ3n) is 5.64. The molecule has 4 rings (SSSR count). The van der Waals surface area contributed by atoms with Crippen LogP contribution in [0.3, 0.4) is 0 Å². The van der Waals surface area contributed by atoms with Gasteiger partial charge in [0, 0.05) is 19.2 Å². The molecule has 0 saturated carbocycles. The predicted octanol–water partition coefficient (Wildman–Crippen LogP) is 3.74. The van der Waals surface area contributed by atoms with Crippen LogP contribution in [0.2, 0.25) is 0 Å². The second kappa shape index (κ2) is 10.7. The van der Waals surface area contributed by atoms with Crippen LogP contribution in [-0.2, 0) is 27.4 Å². The molecular weight excluding hydrogens is 471 g/mol. The van der Waals surface area contributed by atoms with Crippen LogP contribution in [-0.4, -0.2) is 45.8 Å². The standard InChI is InChI=1S/C25H25FN4O4S/c1-3-34-24(33)22-16(2)28-25(35-22)30(13-17-7-9-19(26)10-8-17)23(32)18-12-21(31)29(14-18)15-20-6-4-5-11-27-20/h4-11,18H,3,12-15H2,1-2H3. The quantitative estimate of drug-likeness (QED) is 0.441. The molecule has 35 heavy (non-hydrogen) atoms. The molecule has 3 heterocycles. The summed E-state index contributed by atoms with van der Waals surface area (Å²) in [7, 11) is 0. The van der Waals surface area contributed by atoms with Crippen molar-refractivity contribution >= 4 is 34.3 Å². The first-order chi connectivity index (χ1) is 16.9. The van der Waals surface area contributed by atoms with Gasteiger partial charge in [-0.3, -0.25) is 19.5 Å². The number of hydrogen-bond acceptors (Lipinski definition) is 7. The molecule has 182 valence electrons. The number of carbonyl (C=O) groups is 3. The lowest BCUT2D eigenvalue weighted by molar-refractivity contribution is -0.129. The summed E-state index contributed by atoms with van der Waals surface area (Å²) < 4.78 is 18.6. The van der Waals surface area contributed by atoms with E-state index in [2.05, 4.69) is 9.97 Å². The van der Waals surface area contributed by atoms with Gasteiger partial charge in [-0.25, -0.2) is 14.2 Å². The number of amides is 2. The van der Waals surface area contributed by atoms with Gasteiger partial charge in [0.15, 0.2) is 5.13 Å². The van der Waals surface area contributed by atoms with Gasteiger partial charge in [0.05, 0.1) is 37.0 Å². The Labute approximate surface area is 206 Å². The lowest BCUT2D eigenvalue weighted by Crippen LogP contribution is -2.37. The third kappa shape index (κ3) is 5.71. The first kappa shape index (κ1) is 24.5.